The van der Waals surface area contributed by atoms with Crippen LogP contribution in [0.2, 0.25) is 0 Å². The number of carbonyl (C=O) groups excluding carboxylic acids is 1. The minimum absolute atomic E-state index is 0.162. The molecule has 0 atom stereocenters. The van der Waals surface area contributed by atoms with Crippen LogP contribution in [0.4, 0.5) is 5.69 Å². The van der Waals surface area contributed by atoms with Crippen molar-refractivity contribution in [3.63, 3.8) is 0 Å². The number of amides is 1. The Morgan fingerprint density at radius 1 is 1.09 bits per heavy atom. The lowest BCUT2D eigenvalue weighted by molar-refractivity contribution is 0.102. The van der Waals surface area contributed by atoms with Gasteiger partial charge in [0, 0.05) is 11.3 Å². The van der Waals surface area contributed by atoms with Crippen LogP contribution in [-0.4, -0.2) is 25.8 Å². The van der Waals surface area contributed by atoms with Gasteiger partial charge in [-0.1, -0.05) is 12.1 Å². The molecule has 0 spiro atoms. The number of nitrogens with one attached hydrogen (secondary N) is 1. The number of benzene rings is 2. The zero-order valence-electron chi connectivity index (χ0n) is 11.7. The summed E-state index contributed by atoms with van der Waals surface area (Å²) < 4.78 is 1.71. The van der Waals surface area contributed by atoms with Gasteiger partial charge in [-0.2, -0.15) is 5.10 Å². The van der Waals surface area contributed by atoms with Crippen molar-refractivity contribution in [3.05, 3.63) is 72.3 Å². The SMILES string of the molecule is O=C(Nc1ccc(O)cc1)c1ccc(Cn2cncn2)cc1. The van der Waals surface area contributed by atoms with Gasteiger partial charge in [0.25, 0.3) is 5.91 Å². The Morgan fingerprint density at radius 3 is 2.45 bits per heavy atom. The molecule has 0 bridgehead atoms. The molecular formula is C16H14N4O2. The Bertz CT molecular complexity index is 750. The molecule has 3 aromatic rings. The lowest BCUT2D eigenvalue weighted by atomic mass is 10.1. The smallest absolute Gasteiger partial charge is 0.255 e. The summed E-state index contributed by atoms with van der Waals surface area (Å²) in [5, 5.41) is 16.0. The van der Waals surface area contributed by atoms with Crippen LogP contribution in [0, 0.1) is 0 Å². The zero-order valence-corrected chi connectivity index (χ0v) is 11.7. The number of carbonyl (C=O) groups is 1. The number of hydrogen-bond acceptors (Lipinski definition) is 4. The molecule has 22 heavy (non-hydrogen) atoms. The van der Waals surface area contributed by atoms with E-state index < -0.39 is 0 Å². The number of aromatic nitrogens is 3. The summed E-state index contributed by atoms with van der Waals surface area (Å²) in [7, 11) is 0. The molecule has 1 amide bonds. The molecule has 110 valence electrons. The van der Waals surface area contributed by atoms with Gasteiger partial charge in [0.2, 0.25) is 0 Å². The fourth-order valence-electron chi connectivity index (χ4n) is 2.01. The van der Waals surface area contributed by atoms with E-state index in [9.17, 15) is 9.90 Å². The van der Waals surface area contributed by atoms with Gasteiger partial charge < -0.3 is 10.4 Å². The highest BCUT2D eigenvalue weighted by atomic mass is 16.3. The van der Waals surface area contributed by atoms with E-state index in [0.717, 1.165) is 5.56 Å². The first-order valence-electron chi connectivity index (χ1n) is 6.72. The first kappa shape index (κ1) is 13.8. The molecule has 1 aromatic heterocycles. The minimum atomic E-state index is -0.196. The summed E-state index contributed by atoms with van der Waals surface area (Å²) in [6.45, 7) is 0.611. The number of rotatable bonds is 4. The first-order chi connectivity index (χ1) is 10.7. The molecule has 0 saturated heterocycles. The molecule has 2 N–H and O–H groups in total. The number of phenols is 1. The van der Waals surface area contributed by atoms with Crippen molar-refractivity contribution in [2.75, 3.05) is 5.32 Å². The van der Waals surface area contributed by atoms with Gasteiger partial charge >= 0.3 is 0 Å². The van der Waals surface area contributed by atoms with Crippen LogP contribution in [0.1, 0.15) is 15.9 Å². The fourth-order valence-corrected chi connectivity index (χ4v) is 2.01. The summed E-state index contributed by atoms with van der Waals surface area (Å²) in [4.78, 5) is 16.0. The molecule has 0 aliphatic heterocycles. The Kier molecular flexibility index (Phi) is 3.82. The Hall–Kier alpha value is -3.15. The van der Waals surface area contributed by atoms with E-state index in [-0.39, 0.29) is 11.7 Å². The average molecular weight is 294 g/mol. The van der Waals surface area contributed by atoms with E-state index in [1.165, 1.54) is 18.5 Å². The molecule has 0 aliphatic carbocycles. The van der Waals surface area contributed by atoms with Crippen molar-refractivity contribution in [3.8, 4) is 5.75 Å². The van der Waals surface area contributed by atoms with E-state index in [1.807, 2.05) is 12.1 Å². The van der Waals surface area contributed by atoms with Crippen LogP contribution in [0.5, 0.6) is 5.75 Å². The lowest BCUT2D eigenvalue weighted by Crippen LogP contribution is -2.11. The maximum absolute atomic E-state index is 12.1. The third-order valence-electron chi connectivity index (χ3n) is 3.15. The van der Waals surface area contributed by atoms with Crippen LogP contribution in [0.25, 0.3) is 0 Å². The highest BCUT2D eigenvalue weighted by Gasteiger charge is 2.06. The summed E-state index contributed by atoms with van der Waals surface area (Å²) >= 11 is 0. The normalized spacial score (nSPS) is 10.4. The zero-order chi connectivity index (χ0) is 15.4. The molecule has 6 nitrogen and oxygen atoms in total. The number of hydrogen-bond donors (Lipinski definition) is 2. The largest absolute Gasteiger partial charge is 0.508 e. The van der Waals surface area contributed by atoms with Crippen molar-refractivity contribution < 1.29 is 9.90 Å². The molecule has 6 heteroatoms. The summed E-state index contributed by atoms with van der Waals surface area (Å²) in [6, 6.07) is 13.6. The van der Waals surface area contributed by atoms with Crippen LogP contribution in [-0.2, 0) is 6.54 Å². The molecule has 0 radical (unpaired) electrons. The summed E-state index contributed by atoms with van der Waals surface area (Å²) in [5.41, 5.74) is 2.23. The highest BCUT2D eigenvalue weighted by molar-refractivity contribution is 6.04. The molecular weight excluding hydrogens is 280 g/mol. The second kappa shape index (κ2) is 6.09. The minimum Gasteiger partial charge on any atom is -0.508 e. The fraction of sp³-hybridized carbons (Fsp3) is 0.0625. The third-order valence-corrected chi connectivity index (χ3v) is 3.15. The maximum atomic E-state index is 12.1. The number of anilines is 1. The van der Waals surface area contributed by atoms with Crippen LogP contribution in [0.15, 0.2) is 61.2 Å². The quantitative estimate of drug-likeness (QED) is 0.723. The van der Waals surface area contributed by atoms with E-state index in [4.69, 9.17) is 0 Å². The van der Waals surface area contributed by atoms with Gasteiger partial charge in [-0.25, -0.2) is 9.67 Å². The molecule has 0 saturated carbocycles. The number of phenolic OH excluding ortho intramolecular Hbond substituents is 1. The lowest BCUT2D eigenvalue weighted by Gasteiger charge is -2.06. The van der Waals surface area contributed by atoms with Crippen LogP contribution in [0.3, 0.4) is 0 Å². The first-order valence-corrected chi connectivity index (χ1v) is 6.72. The topological polar surface area (TPSA) is 80.0 Å². The molecule has 0 unspecified atom stereocenters. The van der Waals surface area contributed by atoms with Gasteiger partial charge in [0.05, 0.1) is 6.54 Å². The van der Waals surface area contributed by atoms with Gasteiger partial charge in [0.15, 0.2) is 0 Å². The van der Waals surface area contributed by atoms with Crippen LogP contribution < -0.4 is 5.32 Å². The van der Waals surface area contributed by atoms with Gasteiger partial charge in [-0.3, -0.25) is 4.79 Å². The summed E-state index contributed by atoms with van der Waals surface area (Å²) in [5.74, 6) is -0.0338. The highest BCUT2D eigenvalue weighted by Crippen LogP contribution is 2.15. The van der Waals surface area contributed by atoms with Crippen molar-refractivity contribution in [2.24, 2.45) is 0 Å². The van der Waals surface area contributed by atoms with Gasteiger partial charge in [-0.05, 0) is 42.0 Å². The van der Waals surface area contributed by atoms with E-state index >= 15 is 0 Å². The van der Waals surface area contributed by atoms with Crippen molar-refractivity contribution in [2.45, 2.75) is 6.54 Å². The predicted octanol–water partition coefficient (Wildman–Crippen LogP) is 2.28. The molecule has 1 heterocycles. The summed E-state index contributed by atoms with van der Waals surface area (Å²) in [6.07, 6.45) is 3.13. The monoisotopic (exact) mass is 294 g/mol. The molecule has 2 aromatic carbocycles. The Morgan fingerprint density at radius 2 is 1.82 bits per heavy atom. The van der Waals surface area contributed by atoms with Crippen molar-refractivity contribution >= 4 is 11.6 Å². The number of nitrogens with zero attached hydrogens (tertiary/aromatic N) is 3. The number of aromatic hydroxyl groups is 1. The third kappa shape index (κ3) is 3.29. The van der Waals surface area contributed by atoms with Gasteiger partial charge in [0.1, 0.15) is 18.4 Å². The molecule has 0 aliphatic rings. The molecule has 0 fully saturated rings. The Balaban J connectivity index is 1.66. The maximum Gasteiger partial charge on any atom is 0.255 e. The average Bonchev–Trinajstić information content (AvgIpc) is 3.03. The van der Waals surface area contributed by atoms with E-state index in [2.05, 4.69) is 15.4 Å². The standard InChI is InChI=1S/C16H14N4O2/c21-15-7-5-14(6-8-15)19-16(22)13-3-1-12(2-4-13)9-20-11-17-10-18-20/h1-8,10-11,21H,9H2,(H,19,22). The predicted molar refractivity (Wildman–Crippen MR) is 81.6 cm³/mol. The van der Waals surface area contributed by atoms with Crippen molar-refractivity contribution in [1.29, 1.82) is 0 Å². The second-order valence-electron chi connectivity index (χ2n) is 4.79. The Labute approximate surface area is 127 Å². The van der Waals surface area contributed by atoms with Crippen LogP contribution >= 0.6 is 0 Å². The second-order valence-corrected chi connectivity index (χ2v) is 4.79. The van der Waals surface area contributed by atoms with E-state index in [1.54, 1.807) is 35.3 Å². The van der Waals surface area contributed by atoms with Gasteiger partial charge in [-0.15, -0.1) is 0 Å². The van der Waals surface area contributed by atoms with Crippen molar-refractivity contribution in [1.82, 2.24) is 14.8 Å². The van der Waals surface area contributed by atoms with E-state index in [0.29, 0.717) is 17.8 Å². The molecule has 3 rings (SSSR count).